The fraction of sp³-hybridized carbons (Fsp3) is 0.960. The van der Waals surface area contributed by atoms with E-state index in [1.165, 1.54) is 103 Å². The van der Waals surface area contributed by atoms with E-state index in [0.717, 1.165) is 6.42 Å². The molecule has 0 aromatic carbocycles. The van der Waals surface area contributed by atoms with Gasteiger partial charge in [0.15, 0.2) is 0 Å². The second-order valence-corrected chi connectivity index (χ2v) is 8.95. The lowest BCUT2D eigenvalue weighted by Gasteiger charge is -2.14. The highest BCUT2D eigenvalue weighted by Gasteiger charge is 2.04. The average molecular weight is 401 g/mol. The summed E-state index contributed by atoms with van der Waals surface area (Å²) in [6.07, 6.45) is 22.4. The van der Waals surface area contributed by atoms with Gasteiger partial charge in [0, 0.05) is 13.5 Å². The molecule has 0 aromatic rings. The Morgan fingerprint density at radius 2 is 0.893 bits per heavy atom. The Balaban J connectivity index is 0. The van der Waals surface area contributed by atoms with Crippen molar-refractivity contribution in [1.29, 1.82) is 0 Å². The van der Waals surface area contributed by atoms with Gasteiger partial charge in [0.25, 0.3) is 0 Å². The number of carbonyl (C=O) groups excluding carboxylic acids is 1. The topological polar surface area (TPSA) is 35.5 Å². The van der Waals surface area contributed by atoms with Crippen LogP contribution in [-0.4, -0.2) is 25.8 Å². The molecule has 0 aliphatic rings. The summed E-state index contributed by atoms with van der Waals surface area (Å²) in [4.78, 5) is 10.9. The Bertz CT molecular complexity index is 307. The number of hydrogen-bond acceptors (Lipinski definition) is 3. The quantitative estimate of drug-likeness (QED) is 0.182. The molecule has 0 atom stereocenters. The molecule has 28 heavy (non-hydrogen) atoms. The largest absolute Gasteiger partial charge is 0.469 e. The maximum absolute atomic E-state index is 10.9. The molecule has 0 aliphatic heterocycles. The summed E-state index contributed by atoms with van der Waals surface area (Å²) in [5.74, 6) is -0.0645. The maximum Gasteiger partial charge on any atom is 0.305 e. The van der Waals surface area contributed by atoms with Gasteiger partial charge in [0.1, 0.15) is 0 Å². The number of rotatable bonds is 17. The number of methoxy groups -OCH3 is 2. The van der Waals surface area contributed by atoms with Crippen LogP contribution in [0.25, 0.3) is 0 Å². The molecule has 0 aromatic heterocycles. The first-order chi connectivity index (χ1) is 13.4. The van der Waals surface area contributed by atoms with Crippen LogP contribution >= 0.6 is 0 Å². The lowest BCUT2D eigenvalue weighted by molar-refractivity contribution is -0.140. The molecule has 0 amide bonds. The predicted octanol–water partition coefficient (Wildman–Crippen LogP) is 8.24. The van der Waals surface area contributed by atoms with Crippen LogP contribution < -0.4 is 0 Å². The number of unbranched alkanes of at least 4 members (excludes halogenated alkanes) is 15. The standard InChI is InChI=1S/C20H40O2.C5H12O/c1-3-4-5-6-7-8-9-10-11-12-13-14-15-16-17-18-19-20(21)22-2;1-5(2,3)6-4/h3-19H2,1-2H3;1-4H3. The van der Waals surface area contributed by atoms with Crippen molar-refractivity contribution in [1.82, 2.24) is 0 Å². The fourth-order valence-corrected chi connectivity index (χ4v) is 2.92. The van der Waals surface area contributed by atoms with Crippen LogP contribution in [0.2, 0.25) is 0 Å². The van der Waals surface area contributed by atoms with Crippen molar-refractivity contribution in [2.24, 2.45) is 0 Å². The summed E-state index contributed by atoms with van der Waals surface area (Å²) in [5, 5.41) is 0. The van der Waals surface area contributed by atoms with Gasteiger partial charge in [-0.2, -0.15) is 0 Å². The van der Waals surface area contributed by atoms with E-state index < -0.39 is 0 Å². The summed E-state index contributed by atoms with van der Waals surface area (Å²) in [6, 6.07) is 0. The van der Waals surface area contributed by atoms with Crippen LogP contribution in [0.3, 0.4) is 0 Å². The van der Waals surface area contributed by atoms with Crippen LogP contribution in [-0.2, 0) is 14.3 Å². The van der Waals surface area contributed by atoms with E-state index >= 15 is 0 Å². The van der Waals surface area contributed by atoms with Crippen molar-refractivity contribution in [3.63, 3.8) is 0 Å². The summed E-state index contributed by atoms with van der Waals surface area (Å²) < 4.78 is 9.57. The molecular weight excluding hydrogens is 348 g/mol. The second-order valence-electron chi connectivity index (χ2n) is 8.95. The highest BCUT2D eigenvalue weighted by Crippen LogP contribution is 2.14. The molecule has 0 spiro atoms. The minimum Gasteiger partial charge on any atom is -0.469 e. The molecule has 170 valence electrons. The van der Waals surface area contributed by atoms with Crippen molar-refractivity contribution in [2.75, 3.05) is 14.2 Å². The van der Waals surface area contributed by atoms with E-state index in [2.05, 4.69) is 11.7 Å². The lowest BCUT2D eigenvalue weighted by Crippen LogP contribution is -2.15. The van der Waals surface area contributed by atoms with Gasteiger partial charge in [0.2, 0.25) is 0 Å². The van der Waals surface area contributed by atoms with Gasteiger partial charge in [0.05, 0.1) is 12.7 Å². The van der Waals surface area contributed by atoms with E-state index in [-0.39, 0.29) is 11.6 Å². The van der Waals surface area contributed by atoms with Gasteiger partial charge >= 0.3 is 5.97 Å². The van der Waals surface area contributed by atoms with E-state index in [1.807, 2.05) is 20.8 Å². The summed E-state index contributed by atoms with van der Waals surface area (Å²) in [7, 11) is 3.18. The zero-order valence-electron chi connectivity index (χ0n) is 20.2. The highest BCUT2D eigenvalue weighted by atomic mass is 16.5. The normalized spacial score (nSPS) is 11.1. The van der Waals surface area contributed by atoms with E-state index in [4.69, 9.17) is 4.74 Å². The van der Waals surface area contributed by atoms with E-state index in [1.54, 1.807) is 7.11 Å². The number of esters is 1. The number of carbonyl (C=O) groups is 1. The minimum absolute atomic E-state index is 0.0417. The molecule has 0 fully saturated rings. The van der Waals surface area contributed by atoms with Crippen molar-refractivity contribution in [3.8, 4) is 0 Å². The van der Waals surface area contributed by atoms with Crippen LogP contribution in [0, 0.1) is 0 Å². The molecule has 0 N–H and O–H groups in total. The minimum atomic E-state index is -0.0645. The first kappa shape index (κ1) is 29.6. The predicted molar refractivity (Wildman–Crippen MR) is 123 cm³/mol. The monoisotopic (exact) mass is 400 g/mol. The zero-order chi connectivity index (χ0) is 21.5. The van der Waals surface area contributed by atoms with Crippen molar-refractivity contribution >= 4 is 5.97 Å². The Morgan fingerprint density at radius 3 is 1.14 bits per heavy atom. The Labute approximate surface area is 177 Å². The van der Waals surface area contributed by atoms with Gasteiger partial charge in [-0.15, -0.1) is 0 Å². The Morgan fingerprint density at radius 1 is 0.607 bits per heavy atom. The smallest absolute Gasteiger partial charge is 0.305 e. The second kappa shape index (κ2) is 22.7. The van der Waals surface area contributed by atoms with Crippen LogP contribution in [0.5, 0.6) is 0 Å². The maximum atomic E-state index is 10.9. The molecule has 0 unspecified atom stereocenters. The highest BCUT2D eigenvalue weighted by molar-refractivity contribution is 5.68. The summed E-state index contributed by atoms with van der Waals surface area (Å²) >= 11 is 0. The van der Waals surface area contributed by atoms with Crippen LogP contribution in [0.4, 0.5) is 0 Å². The lowest BCUT2D eigenvalue weighted by atomic mass is 10.0. The molecule has 3 heteroatoms. The third-order valence-corrected chi connectivity index (χ3v) is 5.07. The van der Waals surface area contributed by atoms with Gasteiger partial charge < -0.3 is 9.47 Å². The molecule has 0 saturated heterocycles. The van der Waals surface area contributed by atoms with Gasteiger partial charge in [-0.05, 0) is 27.2 Å². The molecular formula is C25H52O3. The van der Waals surface area contributed by atoms with E-state index in [0.29, 0.717) is 6.42 Å². The van der Waals surface area contributed by atoms with Gasteiger partial charge in [-0.3, -0.25) is 4.79 Å². The zero-order valence-corrected chi connectivity index (χ0v) is 20.2. The Hall–Kier alpha value is -0.570. The summed E-state index contributed by atoms with van der Waals surface area (Å²) in [6.45, 7) is 8.34. The molecule has 0 radical (unpaired) electrons. The van der Waals surface area contributed by atoms with Crippen molar-refractivity contribution < 1.29 is 14.3 Å². The molecule has 0 aliphatic carbocycles. The summed E-state index contributed by atoms with van der Waals surface area (Å²) in [5.41, 5.74) is 0.0417. The van der Waals surface area contributed by atoms with Crippen molar-refractivity contribution in [3.05, 3.63) is 0 Å². The molecule has 0 heterocycles. The number of ether oxygens (including phenoxy) is 2. The third-order valence-electron chi connectivity index (χ3n) is 5.07. The van der Waals surface area contributed by atoms with Gasteiger partial charge in [-0.1, -0.05) is 103 Å². The number of hydrogen-bond donors (Lipinski definition) is 0. The van der Waals surface area contributed by atoms with Crippen LogP contribution in [0.1, 0.15) is 137 Å². The molecule has 3 nitrogen and oxygen atoms in total. The first-order valence-corrected chi connectivity index (χ1v) is 12.0. The molecule has 0 bridgehead atoms. The fourth-order valence-electron chi connectivity index (χ4n) is 2.92. The van der Waals surface area contributed by atoms with E-state index in [9.17, 15) is 4.79 Å². The SMILES string of the molecule is CCCCCCCCCCCCCCCCCCC(=O)OC.COC(C)(C)C. The first-order valence-electron chi connectivity index (χ1n) is 12.0. The average Bonchev–Trinajstić information content (AvgIpc) is 2.67. The Kier molecular flexibility index (Phi) is 24.0. The third kappa shape index (κ3) is 30.2. The van der Waals surface area contributed by atoms with Gasteiger partial charge in [-0.25, -0.2) is 0 Å². The van der Waals surface area contributed by atoms with Crippen molar-refractivity contribution in [2.45, 2.75) is 142 Å². The molecule has 0 rings (SSSR count). The van der Waals surface area contributed by atoms with Crippen LogP contribution in [0.15, 0.2) is 0 Å². The molecule has 0 saturated carbocycles.